The van der Waals surface area contributed by atoms with Crippen LogP contribution in [-0.4, -0.2) is 35.2 Å². The molecule has 2 N–H and O–H groups in total. The van der Waals surface area contributed by atoms with Crippen LogP contribution in [0.3, 0.4) is 0 Å². The maximum Gasteiger partial charge on any atom is 0.257 e. The van der Waals surface area contributed by atoms with Gasteiger partial charge in [-0.2, -0.15) is 5.10 Å². The van der Waals surface area contributed by atoms with Crippen LogP contribution in [0.4, 0.5) is 5.69 Å². The fourth-order valence-corrected chi connectivity index (χ4v) is 3.20. The predicted molar refractivity (Wildman–Crippen MR) is 123 cm³/mol. The highest BCUT2D eigenvalue weighted by Crippen LogP contribution is 2.23. The van der Waals surface area contributed by atoms with Gasteiger partial charge in [-0.3, -0.25) is 9.59 Å². The van der Waals surface area contributed by atoms with Gasteiger partial charge >= 0.3 is 0 Å². The standard InChI is InChI=1S/C25H22N4O3/c1-26-24(30)17-32-22-12-6-10-20(16-22)28-25(31)19-9-5-11-21(15-19)29-23(13-14-27-29)18-7-3-2-4-8-18/h2-16H,17H2,1H3,(H,26,30)(H,28,31). The minimum Gasteiger partial charge on any atom is -0.484 e. The number of aromatic nitrogens is 2. The molecular weight excluding hydrogens is 404 g/mol. The summed E-state index contributed by atoms with van der Waals surface area (Å²) in [6, 6.07) is 26.1. The summed E-state index contributed by atoms with van der Waals surface area (Å²) in [6.45, 7) is -0.0937. The number of carbonyl (C=O) groups excluding carboxylic acids is 2. The Morgan fingerprint density at radius 1 is 0.938 bits per heavy atom. The number of hydrogen-bond acceptors (Lipinski definition) is 4. The Bertz CT molecular complexity index is 1230. The molecule has 7 heteroatoms. The molecule has 1 aromatic heterocycles. The molecule has 2 amide bonds. The van der Waals surface area contributed by atoms with Crippen molar-refractivity contribution in [1.82, 2.24) is 15.1 Å². The Morgan fingerprint density at radius 2 is 1.75 bits per heavy atom. The molecule has 4 aromatic rings. The molecule has 0 radical (unpaired) electrons. The fourth-order valence-electron chi connectivity index (χ4n) is 3.20. The van der Waals surface area contributed by atoms with E-state index in [9.17, 15) is 9.59 Å². The van der Waals surface area contributed by atoms with Gasteiger partial charge in [0.1, 0.15) is 5.75 Å². The van der Waals surface area contributed by atoms with Crippen molar-refractivity contribution in [3.63, 3.8) is 0 Å². The van der Waals surface area contributed by atoms with Gasteiger partial charge in [0.15, 0.2) is 6.61 Å². The second kappa shape index (κ2) is 9.61. The monoisotopic (exact) mass is 426 g/mol. The third-order valence-electron chi connectivity index (χ3n) is 4.81. The fraction of sp³-hybridized carbons (Fsp3) is 0.0800. The maximum atomic E-state index is 12.9. The molecule has 4 rings (SSSR count). The lowest BCUT2D eigenvalue weighted by Gasteiger charge is -2.11. The third-order valence-corrected chi connectivity index (χ3v) is 4.81. The van der Waals surface area contributed by atoms with Gasteiger partial charge in [0.05, 0.1) is 17.6 Å². The SMILES string of the molecule is CNC(=O)COc1cccc(NC(=O)c2cccc(-n3nccc3-c3ccccc3)c2)c1. The molecule has 160 valence electrons. The van der Waals surface area contributed by atoms with E-state index in [1.165, 1.54) is 0 Å². The van der Waals surface area contributed by atoms with Gasteiger partial charge in [0.2, 0.25) is 0 Å². The van der Waals surface area contributed by atoms with Crippen molar-refractivity contribution in [2.75, 3.05) is 19.0 Å². The van der Waals surface area contributed by atoms with E-state index in [1.807, 2.05) is 48.5 Å². The van der Waals surface area contributed by atoms with Gasteiger partial charge in [-0.15, -0.1) is 0 Å². The number of nitrogens with zero attached hydrogens (tertiary/aromatic N) is 2. The number of ether oxygens (including phenoxy) is 1. The molecule has 3 aromatic carbocycles. The summed E-state index contributed by atoms with van der Waals surface area (Å²) in [7, 11) is 1.54. The van der Waals surface area contributed by atoms with Crippen LogP contribution in [0.1, 0.15) is 10.4 Å². The third kappa shape index (κ3) is 4.84. The number of carbonyl (C=O) groups is 2. The Morgan fingerprint density at radius 3 is 2.56 bits per heavy atom. The highest BCUT2D eigenvalue weighted by molar-refractivity contribution is 6.04. The zero-order chi connectivity index (χ0) is 22.3. The number of benzene rings is 3. The van der Waals surface area contributed by atoms with Crippen molar-refractivity contribution >= 4 is 17.5 Å². The Balaban J connectivity index is 1.52. The van der Waals surface area contributed by atoms with E-state index in [0.29, 0.717) is 17.0 Å². The van der Waals surface area contributed by atoms with Crippen LogP contribution < -0.4 is 15.4 Å². The molecule has 1 heterocycles. The Labute approximate surface area is 185 Å². The molecule has 0 saturated heterocycles. The predicted octanol–water partition coefficient (Wildman–Crippen LogP) is 3.92. The first-order valence-corrected chi connectivity index (χ1v) is 10.1. The molecule has 0 spiro atoms. The largest absolute Gasteiger partial charge is 0.484 e. The summed E-state index contributed by atoms with van der Waals surface area (Å²) in [6.07, 6.45) is 1.74. The van der Waals surface area contributed by atoms with Gasteiger partial charge in [-0.25, -0.2) is 4.68 Å². The van der Waals surface area contributed by atoms with Crippen molar-refractivity contribution in [1.29, 1.82) is 0 Å². The molecule has 0 saturated carbocycles. The van der Waals surface area contributed by atoms with Crippen LogP contribution in [0.15, 0.2) is 91.1 Å². The summed E-state index contributed by atoms with van der Waals surface area (Å²) < 4.78 is 7.24. The molecule has 0 aliphatic carbocycles. The van der Waals surface area contributed by atoms with Crippen LogP contribution in [0.2, 0.25) is 0 Å². The van der Waals surface area contributed by atoms with Gasteiger partial charge in [0, 0.05) is 29.9 Å². The quantitative estimate of drug-likeness (QED) is 0.469. The zero-order valence-corrected chi connectivity index (χ0v) is 17.5. The van der Waals surface area contributed by atoms with Gasteiger partial charge < -0.3 is 15.4 Å². The first kappa shape index (κ1) is 20.9. The van der Waals surface area contributed by atoms with E-state index < -0.39 is 0 Å². The average molecular weight is 426 g/mol. The highest BCUT2D eigenvalue weighted by Gasteiger charge is 2.11. The normalized spacial score (nSPS) is 10.4. The summed E-state index contributed by atoms with van der Waals surface area (Å²) >= 11 is 0. The molecule has 0 atom stereocenters. The lowest BCUT2D eigenvalue weighted by atomic mass is 10.1. The highest BCUT2D eigenvalue weighted by atomic mass is 16.5. The molecule has 0 fully saturated rings. The van der Waals surface area contributed by atoms with E-state index in [1.54, 1.807) is 54.3 Å². The molecule has 32 heavy (non-hydrogen) atoms. The van der Waals surface area contributed by atoms with E-state index >= 15 is 0 Å². The number of anilines is 1. The van der Waals surface area contributed by atoms with E-state index in [-0.39, 0.29) is 18.4 Å². The lowest BCUT2D eigenvalue weighted by molar-refractivity contribution is -0.122. The Kier molecular flexibility index (Phi) is 6.27. The zero-order valence-electron chi connectivity index (χ0n) is 17.5. The molecule has 0 aliphatic heterocycles. The molecule has 0 aliphatic rings. The van der Waals surface area contributed by atoms with E-state index in [4.69, 9.17) is 4.74 Å². The second-order valence-corrected chi connectivity index (χ2v) is 6.99. The molecule has 7 nitrogen and oxygen atoms in total. The number of amides is 2. The minimum atomic E-state index is -0.260. The van der Waals surface area contributed by atoms with Gasteiger partial charge in [-0.1, -0.05) is 42.5 Å². The maximum absolute atomic E-state index is 12.9. The molecule has 0 unspecified atom stereocenters. The first-order valence-electron chi connectivity index (χ1n) is 10.1. The lowest BCUT2D eigenvalue weighted by Crippen LogP contribution is -2.24. The summed E-state index contributed by atoms with van der Waals surface area (Å²) in [5.41, 5.74) is 3.81. The Hall–Kier alpha value is -4.39. The van der Waals surface area contributed by atoms with Crippen LogP contribution in [0.25, 0.3) is 16.9 Å². The van der Waals surface area contributed by atoms with Crippen LogP contribution in [-0.2, 0) is 4.79 Å². The van der Waals surface area contributed by atoms with E-state index in [2.05, 4.69) is 15.7 Å². The smallest absolute Gasteiger partial charge is 0.257 e. The van der Waals surface area contributed by atoms with Crippen LogP contribution in [0.5, 0.6) is 5.75 Å². The summed E-state index contributed by atoms with van der Waals surface area (Å²) in [5, 5.41) is 9.80. The minimum absolute atomic E-state index is 0.0937. The number of rotatable bonds is 7. The van der Waals surface area contributed by atoms with Crippen molar-refractivity contribution in [2.45, 2.75) is 0 Å². The summed E-state index contributed by atoms with van der Waals surface area (Å²) in [4.78, 5) is 24.2. The van der Waals surface area contributed by atoms with Gasteiger partial charge in [-0.05, 0) is 36.4 Å². The number of nitrogens with one attached hydrogen (secondary N) is 2. The average Bonchev–Trinajstić information content (AvgIpc) is 3.33. The van der Waals surface area contributed by atoms with Crippen molar-refractivity contribution in [2.24, 2.45) is 0 Å². The van der Waals surface area contributed by atoms with Crippen molar-refractivity contribution in [3.8, 4) is 22.7 Å². The van der Waals surface area contributed by atoms with Crippen molar-refractivity contribution in [3.05, 3.63) is 96.7 Å². The second-order valence-electron chi connectivity index (χ2n) is 6.99. The van der Waals surface area contributed by atoms with Crippen LogP contribution >= 0.6 is 0 Å². The number of hydrogen-bond donors (Lipinski definition) is 2. The topological polar surface area (TPSA) is 85.3 Å². The molecular formula is C25H22N4O3. The van der Waals surface area contributed by atoms with Crippen molar-refractivity contribution < 1.29 is 14.3 Å². The van der Waals surface area contributed by atoms with Gasteiger partial charge in [0.25, 0.3) is 11.8 Å². The first-order chi connectivity index (χ1) is 15.6. The van der Waals surface area contributed by atoms with Crippen LogP contribution in [0, 0.1) is 0 Å². The molecule has 0 bridgehead atoms. The number of likely N-dealkylation sites (N-methyl/N-ethyl adjacent to an activating group) is 1. The summed E-state index contributed by atoms with van der Waals surface area (Å²) in [5.74, 6) is -0.00217. The van der Waals surface area contributed by atoms with E-state index in [0.717, 1.165) is 16.9 Å².